The zero-order valence-corrected chi connectivity index (χ0v) is 14.4. The van der Waals surface area contributed by atoms with Crippen molar-refractivity contribution in [1.82, 2.24) is 10.2 Å². The first-order valence-corrected chi connectivity index (χ1v) is 8.47. The smallest absolute Gasteiger partial charge is 0.289 e. The highest BCUT2D eigenvalue weighted by Crippen LogP contribution is 2.25. The lowest BCUT2D eigenvalue weighted by Gasteiger charge is -2.22. The van der Waals surface area contributed by atoms with Crippen molar-refractivity contribution in [2.75, 3.05) is 13.6 Å². The molecule has 2 heterocycles. The molecule has 0 aliphatic heterocycles. The Morgan fingerprint density at radius 1 is 1.30 bits per heavy atom. The summed E-state index contributed by atoms with van der Waals surface area (Å²) in [6.45, 7) is 4.25. The van der Waals surface area contributed by atoms with Crippen LogP contribution in [0.25, 0.3) is 0 Å². The van der Waals surface area contributed by atoms with Gasteiger partial charge in [0, 0.05) is 11.9 Å². The summed E-state index contributed by atoms with van der Waals surface area (Å²) in [7, 11) is 1.59. The number of nitrogens with one attached hydrogen (secondary N) is 1. The van der Waals surface area contributed by atoms with Crippen molar-refractivity contribution in [2.24, 2.45) is 5.92 Å². The highest BCUT2D eigenvalue weighted by Gasteiger charge is 2.21. The first-order valence-electron chi connectivity index (χ1n) is 7.59. The second-order valence-electron chi connectivity index (χ2n) is 5.90. The number of carbonyl (C=O) groups is 2. The van der Waals surface area contributed by atoms with Crippen LogP contribution in [0.5, 0.6) is 0 Å². The number of hydrogen-bond donors (Lipinski definition) is 1. The van der Waals surface area contributed by atoms with Gasteiger partial charge < -0.3 is 14.6 Å². The van der Waals surface area contributed by atoms with Gasteiger partial charge in [0.2, 0.25) is 5.91 Å². The van der Waals surface area contributed by atoms with Crippen molar-refractivity contribution in [3.05, 3.63) is 46.5 Å². The molecule has 0 saturated carbocycles. The Kier molecular flexibility index (Phi) is 5.98. The van der Waals surface area contributed by atoms with Gasteiger partial charge in [-0.15, -0.1) is 11.3 Å². The molecule has 0 aliphatic rings. The molecule has 0 fully saturated rings. The Morgan fingerprint density at radius 3 is 2.65 bits per heavy atom. The maximum atomic E-state index is 12.3. The Bertz CT molecular complexity index is 620. The third-order valence-corrected chi connectivity index (χ3v) is 4.37. The minimum absolute atomic E-state index is 0.000492. The molecule has 124 valence electrons. The van der Waals surface area contributed by atoms with Gasteiger partial charge >= 0.3 is 0 Å². The minimum Gasteiger partial charge on any atom is -0.459 e. The van der Waals surface area contributed by atoms with E-state index in [-0.39, 0.29) is 30.2 Å². The van der Waals surface area contributed by atoms with E-state index in [0.29, 0.717) is 5.92 Å². The van der Waals surface area contributed by atoms with E-state index in [2.05, 4.69) is 19.2 Å². The molecule has 1 N–H and O–H groups in total. The summed E-state index contributed by atoms with van der Waals surface area (Å²) in [6.07, 6.45) is 2.30. The molecule has 0 bridgehead atoms. The van der Waals surface area contributed by atoms with Crippen LogP contribution in [-0.2, 0) is 4.79 Å². The zero-order valence-electron chi connectivity index (χ0n) is 13.6. The second-order valence-corrected chi connectivity index (χ2v) is 6.88. The third-order valence-electron chi connectivity index (χ3n) is 3.39. The SMILES string of the molecule is CC(C)C[C@H](NC(=O)CN(C)C(=O)c1ccco1)c1cccs1. The molecule has 2 amide bonds. The van der Waals surface area contributed by atoms with E-state index in [4.69, 9.17) is 4.42 Å². The lowest BCUT2D eigenvalue weighted by atomic mass is 10.0. The quantitative estimate of drug-likeness (QED) is 0.845. The standard InChI is InChI=1S/C17H22N2O3S/c1-12(2)10-13(15-7-5-9-23-15)18-16(20)11-19(3)17(21)14-6-4-8-22-14/h4-9,12-13H,10-11H2,1-3H3,(H,18,20)/t13-/m0/s1. The molecule has 0 saturated heterocycles. The van der Waals surface area contributed by atoms with Crippen LogP contribution < -0.4 is 5.32 Å². The fraction of sp³-hybridized carbons (Fsp3) is 0.412. The maximum absolute atomic E-state index is 12.3. The van der Waals surface area contributed by atoms with Gasteiger partial charge in [0.05, 0.1) is 18.8 Å². The van der Waals surface area contributed by atoms with Crippen LogP contribution in [0.3, 0.4) is 0 Å². The summed E-state index contributed by atoms with van der Waals surface area (Å²) < 4.78 is 5.07. The average Bonchev–Trinajstić information content (AvgIpc) is 3.18. The molecule has 2 aromatic heterocycles. The molecule has 0 unspecified atom stereocenters. The van der Waals surface area contributed by atoms with Gasteiger partial charge in [0.15, 0.2) is 5.76 Å². The molecule has 5 nitrogen and oxygen atoms in total. The van der Waals surface area contributed by atoms with Gasteiger partial charge in [-0.2, -0.15) is 0 Å². The topological polar surface area (TPSA) is 62.6 Å². The van der Waals surface area contributed by atoms with Gasteiger partial charge in [-0.05, 0) is 35.9 Å². The molecule has 6 heteroatoms. The number of rotatable bonds is 7. The Morgan fingerprint density at radius 2 is 2.09 bits per heavy atom. The fourth-order valence-electron chi connectivity index (χ4n) is 2.32. The second kappa shape index (κ2) is 7.97. The molecule has 0 aromatic carbocycles. The van der Waals surface area contributed by atoms with Crippen molar-refractivity contribution < 1.29 is 14.0 Å². The molecular weight excluding hydrogens is 312 g/mol. The van der Waals surface area contributed by atoms with Crippen LogP contribution >= 0.6 is 11.3 Å². The summed E-state index contributed by atoms with van der Waals surface area (Å²) in [5.74, 6) is 0.218. The number of carbonyl (C=O) groups excluding carboxylic acids is 2. The molecule has 1 atom stereocenters. The summed E-state index contributed by atoms with van der Waals surface area (Å²) in [5, 5.41) is 5.03. The molecule has 0 spiro atoms. The molecular formula is C17H22N2O3S. The van der Waals surface area contributed by atoms with Gasteiger partial charge in [0.25, 0.3) is 5.91 Å². The molecule has 23 heavy (non-hydrogen) atoms. The predicted octanol–water partition coefficient (Wildman–Crippen LogP) is 3.32. The lowest BCUT2D eigenvalue weighted by molar-refractivity contribution is -0.122. The van der Waals surface area contributed by atoms with Crippen LogP contribution in [0, 0.1) is 5.92 Å². The predicted molar refractivity (Wildman–Crippen MR) is 90.3 cm³/mol. The van der Waals surface area contributed by atoms with E-state index in [1.807, 2.05) is 17.5 Å². The van der Waals surface area contributed by atoms with Gasteiger partial charge in [-0.25, -0.2) is 0 Å². The minimum atomic E-state index is -0.304. The molecule has 2 rings (SSSR count). The van der Waals surface area contributed by atoms with E-state index in [0.717, 1.165) is 11.3 Å². The lowest BCUT2D eigenvalue weighted by Crippen LogP contribution is -2.39. The molecule has 2 aromatic rings. The van der Waals surface area contributed by atoms with E-state index in [1.165, 1.54) is 11.2 Å². The van der Waals surface area contributed by atoms with Crippen molar-refractivity contribution in [2.45, 2.75) is 26.3 Å². The first kappa shape index (κ1) is 17.3. The van der Waals surface area contributed by atoms with Crippen LogP contribution in [0.2, 0.25) is 0 Å². The largest absolute Gasteiger partial charge is 0.459 e. The third kappa shape index (κ3) is 4.96. The van der Waals surface area contributed by atoms with Gasteiger partial charge in [0.1, 0.15) is 0 Å². The maximum Gasteiger partial charge on any atom is 0.289 e. The zero-order chi connectivity index (χ0) is 16.8. The number of hydrogen-bond acceptors (Lipinski definition) is 4. The van der Waals surface area contributed by atoms with E-state index >= 15 is 0 Å². The number of nitrogens with zero attached hydrogens (tertiary/aromatic N) is 1. The van der Waals surface area contributed by atoms with Gasteiger partial charge in [-0.1, -0.05) is 19.9 Å². The van der Waals surface area contributed by atoms with E-state index in [9.17, 15) is 9.59 Å². The van der Waals surface area contributed by atoms with Crippen LogP contribution in [0.1, 0.15) is 41.7 Å². The van der Waals surface area contributed by atoms with Crippen LogP contribution in [0.15, 0.2) is 40.3 Å². The van der Waals surface area contributed by atoms with E-state index < -0.39 is 0 Å². The summed E-state index contributed by atoms with van der Waals surface area (Å²) in [4.78, 5) is 26.9. The summed E-state index contributed by atoms with van der Waals surface area (Å²) in [5.41, 5.74) is 0. The van der Waals surface area contributed by atoms with Crippen LogP contribution in [-0.4, -0.2) is 30.3 Å². The molecule has 0 radical (unpaired) electrons. The Hall–Kier alpha value is -2.08. The Balaban J connectivity index is 1.95. The number of amides is 2. The number of likely N-dealkylation sites (N-methyl/N-ethyl adjacent to an activating group) is 1. The number of thiophene rings is 1. The van der Waals surface area contributed by atoms with E-state index in [1.54, 1.807) is 30.5 Å². The molecule has 0 aliphatic carbocycles. The first-order chi connectivity index (χ1) is 11.0. The normalized spacial score (nSPS) is 12.2. The van der Waals surface area contributed by atoms with Crippen molar-refractivity contribution in [3.8, 4) is 0 Å². The van der Waals surface area contributed by atoms with Crippen molar-refractivity contribution in [1.29, 1.82) is 0 Å². The monoisotopic (exact) mass is 334 g/mol. The van der Waals surface area contributed by atoms with Gasteiger partial charge in [-0.3, -0.25) is 9.59 Å². The average molecular weight is 334 g/mol. The van der Waals surface area contributed by atoms with Crippen molar-refractivity contribution in [3.63, 3.8) is 0 Å². The Labute approximate surface area is 140 Å². The van der Waals surface area contributed by atoms with Crippen molar-refractivity contribution >= 4 is 23.2 Å². The fourth-order valence-corrected chi connectivity index (χ4v) is 3.11. The number of furan rings is 1. The van der Waals surface area contributed by atoms with Crippen LogP contribution in [0.4, 0.5) is 0 Å². The highest BCUT2D eigenvalue weighted by molar-refractivity contribution is 7.10. The summed E-state index contributed by atoms with van der Waals surface area (Å²) >= 11 is 1.63. The highest BCUT2D eigenvalue weighted by atomic mass is 32.1. The summed E-state index contributed by atoms with van der Waals surface area (Å²) in [6, 6.07) is 7.22.